The number of nitrogens with zero attached hydrogens (tertiary/aromatic N) is 3. The number of amides is 2. The number of fused-ring (bicyclic) bond motifs is 1. The molecule has 4 rings (SSSR count). The van der Waals surface area contributed by atoms with Crippen LogP contribution in [-0.2, 0) is 13.1 Å². The third kappa shape index (κ3) is 4.27. The summed E-state index contributed by atoms with van der Waals surface area (Å²) >= 11 is 6.25. The Kier molecular flexibility index (Phi) is 6.92. The lowest BCUT2D eigenvalue weighted by molar-refractivity contribution is 0.262. The van der Waals surface area contributed by atoms with E-state index in [4.69, 9.17) is 21.1 Å². The molecule has 34 heavy (non-hydrogen) atoms. The molecule has 2 N–H and O–H groups in total. The highest BCUT2D eigenvalue weighted by Gasteiger charge is 2.22. The molecule has 9 nitrogen and oxygen atoms in total. The highest BCUT2D eigenvalue weighted by Crippen LogP contribution is 2.37. The summed E-state index contributed by atoms with van der Waals surface area (Å²) in [6.07, 6.45) is 2.17. The molecule has 1 fully saturated rings. The predicted octanol–water partition coefficient (Wildman–Crippen LogP) is 4.76. The van der Waals surface area contributed by atoms with E-state index >= 15 is 0 Å². The molecule has 2 aromatic carbocycles. The number of nitrogens with one attached hydrogen (secondary N) is 2. The normalized spacial score (nSPS) is 13.4. The van der Waals surface area contributed by atoms with Gasteiger partial charge in [0.2, 0.25) is 0 Å². The molecule has 0 bridgehead atoms. The molecular weight excluding hydrogens is 458 g/mol. The molecule has 0 spiro atoms. The van der Waals surface area contributed by atoms with Crippen LogP contribution in [0.1, 0.15) is 26.7 Å². The van der Waals surface area contributed by atoms with Crippen LogP contribution in [0, 0.1) is 0 Å². The van der Waals surface area contributed by atoms with Crippen molar-refractivity contribution in [1.29, 1.82) is 0 Å². The lowest BCUT2D eigenvalue weighted by atomic mass is 10.2. The zero-order chi connectivity index (χ0) is 24.4. The lowest BCUT2D eigenvalue weighted by Crippen LogP contribution is -2.24. The lowest BCUT2D eigenvalue weighted by Gasteiger charge is -2.22. The number of carbonyl (C=O) groups is 1. The van der Waals surface area contributed by atoms with Crippen molar-refractivity contribution in [3.05, 3.63) is 39.8 Å². The van der Waals surface area contributed by atoms with Gasteiger partial charge in [-0.05, 0) is 44.9 Å². The van der Waals surface area contributed by atoms with Crippen LogP contribution in [0.4, 0.5) is 21.9 Å². The van der Waals surface area contributed by atoms with E-state index < -0.39 is 6.03 Å². The SMILES string of the molecule is CCn1c(=O)n(CC)c2cc(N3CCCC3)c(NC(=O)Nc3cc(Cl)c(OC)cc3OC)cc21. The highest BCUT2D eigenvalue weighted by atomic mass is 35.5. The summed E-state index contributed by atoms with van der Waals surface area (Å²) in [6, 6.07) is 6.66. The van der Waals surface area contributed by atoms with E-state index in [1.54, 1.807) is 21.3 Å². The quantitative estimate of drug-likeness (QED) is 0.501. The minimum atomic E-state index is -0.445. The first-order chi connectivity index (χ1) is 16.4. The number of benzene rings is 2. The van der Waals surface area contributed by atoms with Crippen molar-refractivity contribution in [2.45, 2.75) is 39.8 Å². The fourth-order valence-corrected chi connectivity index (χ4v) is 4.76. The molecule has 1 aromatic heterocycles. The molecule has 1 aliphatic heterocycles. The van der Waals surface area contributed by atoms with Gasteiger partial charge in [-0.25, -0.2) is 9.59 Å². The van der Waals surface area contributed by atoms with Crippen LogP contribution >= 0.6 is 11.6 Å². The number of methoxy groups -OCH3 is 2. The number of aromatic nitrogens is 2. The Bertz CT molecular complexity index is 1280. The van der Waals surface area contributed by atoms with Crippen molar-refractivity contribution in [3.8, 4) is 11.5 Å². The zero-order valence-electron chi connectivity index (χ0n) is 19.9. The van der Waals surface area contributed by atoms with Gasteiger partial charge < -0.3 is 25.0 Å². The van der Waals surface area contributed by atoms with E-state index in [2.05, 4.69) is 15.5 Å². The smallest absolute Gasteiger partial charge is 0.329 e. The average molecular weight is 488 g/mol. The van der Waals surface area contributed by atoms with Gasteiger partial charge in [-0.1, -0.05) is 11.6 Å². The monoisotopic (exact) mass is 487 g/mol. The number of anilines is 3. The van der Waals surface area contributed by atoms with Crippen molar-refractivity contribution in [2.24, 2.45) is 0 Å². The molecule has 1 aliphatic rings. The van der Waals surface area contributed by atoms with Gasteiger partial charge in [0, 0.05) is 32.2 Å². The standard InChI is InChI=1S/C24H30ClN5O4/c1-5-29-19-12-16(18(28-9-7-8-10-28)13-20(19)30(6-2)24(29)32)26-23(31)27-17-11-15(25)21(33-3)14-22(17)34-4/h11-14H,5-10H2,1-4H3,(H2,26,27,31). The largest absolute Gasteiger partial charge is 0.495 e. The van der Waals surface area contributed by atoms with Gasteiger partial charge in [0.1, 0.15) is 11.5 Å². The third-order valence-corrected chi connectivity index (χ3v) is 6.48. The van der Waals surface area contributed by atoms with Gasteiger partial charge >= 0.3 is 11.7 Å². The van der Waals surface area contributed by atoms with E-state index in [0.717, 1.165) is 42.7 Å². The molecule has 0 radical (unpaired) electrons. The third-order valence-electron chi connectivity index (χ3n) is 6.19. The van der Waals surface area contributed by atoms with Crippen LogP contribution in [0.2, 0.25) is 5.02 Å². The van der Waals surface area contributed by atoms with Crippen molar-refractivity contribution < 1.29 is 14.3 Å². The van der Waals surface area contributed by atoms with Gasteiger partial charge in [0.15, 0.2) is 0 Å². The number of imidazole rings is 1. The van der Waals surface area contributed by atoms with Crippen molar-refractivity contribution in [2.75, 3.05) is 42.8 Å². The van der Waals surface area contributed by atoms with Gasteiger partial charge in [-0.15, -0.1) is 0 Å². The molecule has 0 saturated carbocycles. The number of halogens is 1. The maximum atomic E-state index is 13.1. The fourth-order valence-electron chi connectivity index (χ4n) is 4.51. The van der Waals surface area contributed by atoms with Crippen LogP contribution in [0.25, 0.3) is 11.0 Å². The first-order valence-electron chi connectivity index (χ1n) is 11.4. The van der Waals surface area contributed by atoms with Gasteiger partial charge in [-0.2, -0.15) is 0 Å². The van der Waals surface area contributed by atoms with Crippen molar-refractivity contribution in [3.63, 3.8) is 0 Å². The van der Waals surface area contributed by atoms with E-state index in [9.17, 15) is 9.59 Å². The van der Waals surface area contributed by atoms with Crippen LogP contribution < -0.4 is 30.7 Å². The number of urea groups is 1. The second-order valence-corrected chi connectivity index (χ2v) is 8.50. The van der Waals surface area contributed by atoms with Crippen LogP contribution in [-0.4, -0.2) is 42.5 Å². The Balaban J connectivity index is 1.73. The predicted molar refractivity (Wildman–Crippen MR) is 136 cm³/mol. The Morgan fingerprint density at radius 1 is 0.912 bits per heavy atom. The molecule has 0 unspecified atom stereocenters. The maximum Gasteiger partial charge on any atom is 0.329 e. The van der Waals surface area contributed by atoms with Gasteiger partial charge in [-0.3, -0.25) is 9.13 Å². The van der Waals surface area contributed by atoms with Crippen LogP contribution in [0.5, 0.6) is 11.5 Å². The van der Waals surface area contributed by atoms with Crippen molar-refractivity contribution >= 4 is 45.7 Å². The number of hydrogen-bond acceptors (Lipinski definition) is 5. The summed E-state index contributed by atoms with van der Waals surface area (Å²) in [6.45, 7) is 6.81. The Hall–Kier alpha value is -3.33. The van der Waals surface area contributed by atoms with Crippen LogP contribution in [0.15, 0.2) is 29.1 Å². The average Bonchev–Trinajstić information content (AvgIpc) is 3.44. The minimum absolute atomic E-state index is 0.0495. The maximum absolute atomic E-state index is 13.1. The molecule has 182 valence electrons. The second-order valence-electron chi connectivity index (χ2n) is 8.09. The van der Waals surface area contributed by atoms with Gasteiger partial charge in [0.05, 0.1) is 47.3 Å². The number of ether oxygens (including phenoxy) is 2. The first kappa shape index (κ1) is 23.8. The molecule has 0 atom stereocenters. The zero-order valence-corrected chi connectivity index (χ0v) is 20.7. The summed E-state index contributed by atoms with van der Waals surface area (Å²) in [5, 5.41) is 6.15. The fraction of sp³-hybridized carbons (Fsp3) is 0.417. The van der Waals surface area contributed by atoms with Crippen molar-refractivity contribution in [1.82, 2.24) is 9.13 Å². The van der Waals surface area contributed by atoms with E-state index in [1.807, 2.05) is 26.0 Å². The van der Waals surface area contributed by atoms with E-state index in [0.29, 0.717) is 41.0 Å². The number of aryl methyl sites for hydroxylation is 2. The molecule has 0 aliphatic carbocycles. The van der Waals surface area contributed by atoms with E-state index in [1.165, 1.54) is 14.2 Å². The molecule has 2 amide bonds. The molecule has 3 aromatic rings. The Morgan fingerprint density at radius 3 is 2.09 bits per heavy atom. The number of hydrogen-bond donors (Lipinski definition) is 2. The Labute approximate surface area is 203 Å². The molecule has 2 heterocycles. The summed E-state index contributed by atoms with van der Waals surface area (Å²) in [5.74, 6) is 0.871. The first-order valence-corrected chi connectivity index (χ1v) is 11.8. The molecule has 10 heteroatoms. The number of rotatable bonds is 7. The molecule has 1 saturated heterocycles. The summed E-state index contributed by atoms with van der Waals surface area (Å²) in [7, 11) is 3.02. The van der Waals surface area contributed by atoms with Gasteiger partial charge in [0.25, 0.3) is 0 Å². The number of carbonyl (C=O) groups excluding carboxylic acids is 1. The summed E-state index contributed by atoms with van der Waals surface area (Å²) in [4.78, 5) is 28.2. The summed E-state index contributed by atoms with van der Waals surface area (Å²) in [5.41, 5.74) is 3.56. The minimum Gasteiger partial charge on any atom is -0.495 e. The summed E-state index contributed by atoms with van der Waals surface area (Å²) < 4.78 is 14.1. The van der Waals surface area contributed by atoms with Crippen LogP contribution in [0.3, 0.4) is 0 Å². The second kappa shape index (κ2) is 9.89. The topological polar surface area (TPSA) is 89.8 Å². The van der Waals surface area contributed by atoms with E-state index in [-0.39, 0.29) is 5.69 Å². The highest BCUT2D eigenvalue weighted by molar-refractivity contribution is 6.32. The molecular formula is C24H30ClN5O4. The Morgan fingerprint density at radius 2 is 1.50 bits per heavy atom.